The minimum Gasteiger partial charge on any atom is -0.379 e. The molecule has 26 heavy (non-hydrogen) atoms. The number of piperidine rings is 1. The van der Waals surface area contributed by atoms with E-state index in [4.69, 9.17) is 4.74 Å². The molecule has 0 radical (unpaired) electrons. The maximum atomic E-state index is 12.6. The summed E-state index contributed by atoms with van der Waals surface area (Å²) in [6.45, 7) is 8.44. The number of carbonyl (C=O) groups is 1. The van der Waals surface area contributed by atoms with E-state index >= 15 is 0 Å². The highest BCUT2D eigenvalue weighted by atomic mass is 16.5. The van der Waals surface area contributed by atoms with Crippen molar-refractivity contribution in [1.29, 1.82) is 0 Å². The molecule has 1 aromatic carbocycles. The Bertz CT molecular complexity index is 564. The van der Waals surface area contributed by atoms with Gasteiger partial charge in [-0.2, -0.15) is 0 Å². The molecule has 5 nitrogen and oxygen atoms in total. The predicted molar refractivity (Wildman–Crippen MR) is 104 cm³/mol. The average molecular weight is 360 g/mol. The molecule has 3 rings (SSSR count). The van der Waals surface area contributed by atoms with E-state index < -0.39 is 0 Å². The molecule has 144 valence electrons. The van der Waals surface area contributed by atoms with Crippen LogP contribution in [0.15, 0.2) is 30.3 Å². The first-order chi connectivity index (χ1) is 12.6. The van der Waals surface area contributed by atoms with Crippen molar-refractivity contribution in [3.63, 3.8) is 0 Å². The molecular weight excluding hydrogens is 326 g/mol. The maximum Gasteiger partial charge on any atom is 0.221 e. The first-order valence-electron chi connectivity index (χ1n) is 9.92. The van der Waals surface area contributed by atoms with E-state index in [1.54, 1.807) is 0 Å². The number of hydrogen-bond donors (Lipinski definition) is 1. The van der Waals surface area contributed by atoms with Gasteiger partial charge in [-0.05, 0) is 45.5 Å². The largest absolute Gasteiger partial charge is 0.379 e. The second-order valence-electron chi connectivity index (χ2n) is 7.93. The number of hydrogen-bond acceptors (Lipinski definition) is 4. The summed E-state index contributed by atoms with van der Waals surface area (Å²) in [5.74, 6) is 0.165. The van der Waals surface area contributed by atoms with Crippen molar-refractivity contribution in [2.45, 2.75) is 37.6 Å². The third-order valence-electron chi connectivity index (χ3n) is 6.10. The number of ether oxygens (including phenoxy) is 1. The number of morpholine rings is 1. The summed E-state index contributed by atoms with van der Waals surface area (Å²) in [5.41, 5.74) is 1.42. The highest BCUT2D eigenvalue weighted by Crippen LogP contribution is 2.34. The van der Waals surface area contributed by atoms with E-state index in [2.05, 4.69) is 59.4 Å². The third kappa shape index (κ3) is 4.84. The minimum atomic E-state index is 0.0611. The molecule has 2 fully saturated rings. The van der Waals surface area contributed by atoms with Crippen LogP contribution >= 0.6 is 0 Å². The van der Waals surface area contributed by atoms with Crippen LogP contribution in [0.5, 0.6) is 0 Å². The standard InChI is InChI=1S/C21H33N3O2/c1-18(24-12-14-26-15-13-24)16-20(25)22-17-21(8-10-23(2)11-9-21)19-6-4-3-5-7-19/h3-7,18H,8-17H2,1-2H3,(H,22,25)/t18-/m0/s1. The smallest absolute Gasteiger partial charge is 0.221 e. The van der Waals surface area contributed by atoms with Crippen LogP contribution in [-0.2, 0) is 14.9 Å². The van der Waals surface area contributed by atoms with Gasteiger partial charge in [0.25, 0.3) is 0 Å². The summed E-state index contributed by atoms with van der Waals surface area (Å²) < 4.78 is 5.41. The summed E-state index contributed by atoms with van der Waals surface area (Å²) in [7, 11) is 2.18. The number of nitrogens with zero attached hydrogens (tertiary/aromatic N) is 2. The number of nitrogens with one attached hydrogen (secondary N) is 1. The van der Waals surface area contributed by atoms with Crippen molar-refractivity contribution in [2.24, 2.45) is 0 Å². The lowest BCUT2D eigenvalue weighted by molar-refractivity contribution is -0.123. The quantitative estimate of drug-likeness (QED) is 0.842. The fourth-order valence-electron chi connectivity index (χ4n) is 4.16. The molecule has 0 unspecified atom stereocenters. The van der Waals surface area contributed by atoms with Gasteiger partial charge in [0, 0.05) is 37.5 Å². The SMILES string of the molecule is C[C@@H](CC(=O)NCC1(c2ccccc2)CCN(C)CC1)N1CCOCC1. The number of likely N-dealkylation sites (tertiary alicyclic amines) is 1. The van der Waals surface area contributed by atoms with Crippen molar-refractivity contribution in [2.75, 3.05) is 53.0 Å². The lowest BCUT2D eigenvalue weighted by Gasteiger charge is -2.41. The molecule has 0 aliphatic carbocycles. The van der Waals surface area contributed by atoms with Crippen LogP contribution in [0, 0.1) is 0 Å². The molecule has 5 heteroatoms. The molecule has 2 saturated heterocycles. The second kappa shape index (κ2) is 8.98. The molecule has 2 heterocycles. The molecule has 1 amide bonds. The Balaban J connectivity index is 1.58. The Labute approximate surface area is 157 Å². The predicted octanol–water partition coefficient (Wildman–Crippen LogP) is 1.88. The van der Waals surface area contributed by atoms with Gasteiger partial charge < -0.3 is 15.0 Å². The molecule has 0 saturated carbocycles. The first-order valence-corrected chi connectivity index (χ1v) is 9.92. The summed E-state index contributed by atoms with van der Waals surface area (Å²) >= 11 is 0. The number of rotatable bonds is 6. The van der Waals surface area contributed by atoms with Crippen LogP contribution in [0.2, 0.25) is 0 Å². The van der Waals surface area contributed by atoms with Gasteiger partial charge in [-0.15, -0.1) is 0 Å². The molecule has 0 bridgehead atoms. The summed E-state index contributed by atoms with van der Waals surface area (Å²) in [4.78, 5) is 17.3. The van der Waals surface area contributed by atoms with Gasteiger partial charge in [0.15, 0.2) is 0 Å². The number of amides is 1. The third-order valence-corrected chi connectivity index (χ3v) is 6.10. The Morgan fingerprint density at radius 1 is 1.15 bits per heavy atom. The van der Waals surface area contributed by atoms with Gasteiger partial charge in [0.1, 0.15) is 0 Å². The Kier molecular flexibility index (Phi) is 6.68. The zero-order valence-electron chi connectivity index (χ0n) is 16.2. The number of benzene rings is 1. The summed E-state index contributed by atoms with van der Waals surface area (Å²) in [6.07, 6.45) is 2.74. The fourth-order valence-corrected chi connectivity index (χ4v) is 4.16. The topological polar surface area (TPSA) is 44.8 Å². The Hall–Kier alpha value is -1.43. The van der Waals surface area contributed by atoms with Gasteiger partial charge in [-0.25, -0.2) is 0 Å². The normalized spacial score (nSPS) is 22.7. The van der Waals surface area contributed by atoms with Crippen molar-refractivity contribution in [1.82, 2.24) is 15.1 Å². The van der Waals surface area contributed by atoms with E-state index in [1.807, 2.05) is 0 Å². The summed E-state index contributed by atoms with van der Waals surface area (Å²) in [5, 5.41) is 3.26. The van der Waals surface area contributed by atoms with Gasteiger partial charge >= 0.3 is 0 Å². The van der Waals surface area contributed by atoms with E-state index in [0.29, 0.717) is 6.42 Å². The molecule has 1 aromatic rings. The van der Waals surface area contributed by atoms with E-state index in [9.17, 15) is 4.79 Å². The molecule has 2 aliphatic rings. The Morgan fingerprint density at radius 3 is 2.46 bits per heavy atom. The lowest BCUT2D eigenvalue weighted by atomic mass is 9.72. The van der Waals surface area contributed by atoms with E-state index in [0.717, 1.165) is 58.8 Å². The zero-order valence-corrected chi connectivity index (χ0v) is 16.2. The first kappa shape index (κ1) is 19.3. The molecular formula is C21H33N3O2. The van der Waals surface area contributed by atoms with Crippen molar-refractivity contribution < 1.29 is 9.53 Å². The monoisotopic (exact) mass is 359 g/mol. The van der Waals surface area contributed by atoms with Gasteiger partial charge in [0.05, 0.1) is 13.2 Å². The van der Waals surface area contributed by atoms with Gasteiger partial charge in [-0.3, -0.25) is 9.69 Å². The molecule has 1 N–H and O–H groups in total. The summed E-state index contributed by atoms with van der Waals surface area (Å²) in [6, 6.07) is 11.0. The molecule has 1 atom stereocenters. The second-order valence-corrected chi connectivity index (χ2v) is 7.93. The molecule has 2 aliphatic heterocycles. The van der Waals surface area contributed by atoms with E-state index in [-0.39, 0.29) is 17.4 Å². The van der Waals surface area contributed by atoms with Crippen LogP contribution < -0.4 is 5.32 Å². The highest BCUT2D eigenvalue weighted by Gasteiger charge is 2.35. The molecule has 0 spiro atoms. The zero-order chi connectivity index (χ0) is 18.4. The van der Waals surface area contributed by atoms with E-state index in [1.165, 1.54) is 5.56 Å². The van der Waals surface area contributed by atoms with Crippen LogP contribution in [0.3, 0.4) is 0 Å². The minimum absolute atomic E-state index is 0.0611. The van der Waals surface area contributed by atoms with Gasteiger partial charge in [0.2, 0.25) is 5.91 Å². The van der Waals surface area contributed by atoms with Crippen LogP contribution in [0.4, 0.5) is 0 Å². The average Bonchev–Trinajstić information content (AvgIpc) is 2.69. The van der Waals surface area contributed by atoms with Crippen LogP contribution in [0.25, 0.3) is 0 Å². The van der Waals surface area contributed by atoms with Gasteiger partial charge in [-0.1, -0.05) is 30.3 Å². The van der Waals surface area contributed by atoms with Crippen molar-refractivity contribution in [3.05, 3.63) is 35.9 Å². The molecule has 0 aromatic heterocycles. The fraction of sp³-hybridized carbons (Fsp3) is 0.667. The maximum absolute atomic E-state index is 12.6. The van der Waals surface area contributed by atoms with Crippen molar-refractivity contribution in [3.8, 4) is 0 Å². The highest BCUT2D eigenvalue weighted by molar-refractivity contribution is 5.76. The number of carbonyl (C=O) groups excluding carboxylic acids is 1. The Morgan fingerprint density at radius 2 is 1.81 bits per heavy atom. The van der Waals surface area contributed by atoms with Crippen molar-refractivity contribution >= 4 is 5.91 Å². The van der Waals surface area contributed by atoms with Crippen LogP contribution in [0.1, 0.15) is 31.7 Å². The van der Waals surface area contributed by atoms with Crippen LogP contribution in [-0.4, -0.2) is 74.7 Å². The lowest BCUT2D eigenvalue weighted by Crippen LogP contribution is -2.49.